The Labute approximate surface area is 275 Å². The van der Waals surface area contributed by atoms with Crippen molar-refractivity contribution in [2.75, 3.05) is 85.9 Å². The first-order valence-corrected chi connectivity index (χ1v) is 18.0. The Kier molecular flexibility index (Phi) is 32.5. The second-order valence-electron chi connectivity index (χ2n) is 11.5. The third-order valence-corrected chi connectivity index (χ3v) is 7.51. The third kappa shape index (κ3) is 30.8. The van der Waals surface area contributed by atoms with Crippen molar-refractivity contribution in [3.8, 4) is 5.75 Å². The van der Waals surface area contributed by atoms with Crippen molar-refractivity contribution in [2.24, 2.45) is 0 Å². The first kappa shape index (κ1) is 41.5. The lowest BCUT2D eigenvalue weighted by atomic mass is 10.0. The highest BCUT2D eigenvalue weighted by molar-refractivity contribution is 5.74. The second kappa shape index (κ2) is 35.3. The summed E-state index contributed by atoms with van der Waals surface area (Å²) in [4.78, 5) is 10.6. The normalized spacial score (nSPS) is 11.3. The molecule has 0 spiro atoms. The average molecular weight is 639 g/mol. The smallest absolute Gasteiger partial charge is 0.150 e. The number of unbranched alkanes of at least 4 members (excludes halogenated alkanes) is 15. The summed E-state index contributed by atoms with van der Waals surface area (Å²) in [5, 5.41) is 0. The van der Waals surface area contributed by atoms with Crippen molar-refractivity contribution in [1.82, 2.24) is 0 Å². The minimum absolute atomic E-state index is 0.446. The zero-order chi connectivity index (χ0) is 32.1. The van der Waals surface area contributed by atoms with E-state index in [1.165, 1.54) is 96.3 Å². The number of hydrogen-bond acceptors (Lipinski definition) is 8. The van der Waals surface area contributed by atoms with Gasteiger partial charge in [0.1, 0.15) is 18.6 Å². The highest BCUT2D eigenvalue weighted by Crippen LogP contribution is 2.14. The lowest BCUT2D eigenvalue weighted by Crippen LogP contribution is -2.14. The highest BCUT2D eigenvalue weighted by Gasteiger charge is 1.98. The van der Waals surface area contributed by atoms with Crippen molar-refractivity contribution in [2.45, 2.75) is 110 Å². The molecule has 8 nitrogen and oxygen atoms in total. The van der Waals surface area contributed by atoms with E-state index in [2.05, 4.69) is 6.92 Å². The number of hydrogen-bond donors (Lipinski definition) is 0. The Bertz CT molecular complexity index is 715. The molecule has 0 unspecified atom stereocenters. The van der Waals surface area contributed by atoms with Gasteiger partial charge < -0.3 is 33.2 Å². The van der Waals surface area contributed by atoms with Crippen LogP contribution in [0.5, 0.6) is 5.75 Å². The Morgan fingerprint density at radius 2 is 0.711 bits per heavy atom. The van der Waals surface area contributed by atoms with Crippen LogP contribution in [0.3, 0.4) is 0 Å². The molecule has 0 N–H and O–H groups in total. The van der Waals surface area contributed by atoms with Crippen LogP contribution in [0.1, 0.15) is 120 Å². The maximum Gasteiger partial charge on any atom is 0.150 e. The number of carbonyl (C=O) groups excluding carboxylic acids is 1. The van der Waals surface area contributed by atoms with E-state index in [1.54, 1.807) is 24.3 Å². The number of ether oxygens (including phenoxy) is 7. The maximum atomic E-state index is 10.6. The summed E-state index contributed by atoms with van der Waals surface area (Å²) in [5.74, 6) is 0.717. The van der Waals surface area contributed by atoms with E-state index in [0.29, 0.717) is 84.8 Å². The summed E-state index contributed by atoms with van der Waals surface area (Å²) in [6, 6.07) is 6.98. The van der Waals surface area contributed by atoms with Crippen LogP contribution in [0.25, 0.3) is 0 Å². The number of carbonyl (C=O) groups is 1. The first-order chi connectivity index (χ1) is 22.4. The predicted molar refractivity (Wildman–Crippen MR) is 182 cm³/mol. The summed E-state index contributed by atoms with van der Waals surface area (Å²) in [7, 11) is 0. The zero-order valence-electron chi connectivity index (χ0n) is 28.7. The number of rotatable bonds is 37. The van der Waals surface area contributed by atoms with Crippen LogP contribution >= 0.6 is 0 Å². The van der Waals surface area contributed by atoms with Gasteiger partial charge in [0.15, 0.2) is 0 Å². The van der Waals surface area contributed by atoms with Crippen LogP contribution in [0.15, 0.2) is 24.3 Å². The average Bonchev–Trinajstić information content (AvgIpc) is 3.06. The van der Waals surface area contributed by atoms with Gasteiger partial charge in [0, 0.05) is 12.2 Å². The topological polar surface area (TPSA) is 81.7 Å². The molecule has 0 aromatic heterocycles. The monoisotopic (exact) mass is 638 g/mol. The molecule has 0 saturated heterocycles. The van der Waals surface area contributed by atoms with Crippen molar-refractivity contribution >= 4 is 6.29 Å². The molecule has 1 aromatic rings. The Balaban J connectivity index is 1.63. The van der Waals surface area contributed by atoms with Gasteiger partial charge in [0.25, 0.3) is 0 Å². The molecule has 1 aromatic carbocycles. The molecule has 45 heavy (non-hydrogen) atoms. The molecular formula is C37H66O8. The number of aldehydes is 1. The minimum Gasteiger partial charge on any atom is -0.491 e. The van der Waals surface area contributed by atoms with Crippen molar-refractivity contribution in [3.05, 3.63) is 29.8 Å². The van der Waals surface area contributed by atoms with E-state index in [4.69, 9.17) is 33.2 Å². The van der Waals surface area contributed by atoms with Gasteiger partial charge in [-0.2, -0.15) is 0 Å². The molecule has 0 aliphatic heterocycles. The standard InChI is InChI=1S/C37H66O8/c1-2-3-4-5-6-7-8-9-10-11-12-13-14-15-16-17-22-39-23-24-40-25-26-41-27-28-42-29-30-43-31-32-44-33-34-45-37-20-18-36(35-38)19-21-37/h18-21,35H,2-17,22-34H2,1H3. The van der Waals surface area contributed by atoms with E-state index in [-0.39, 0.29) is 0 Å². The minimum atomic E-state index is 0.446. The molecule has 0 radical (unpaired) electrons. The second-order valence-corrected chi connectivity index (χ2v) is 11.5. The quantitative estimate of drug-likeness (QED) is 0.0533. The van der Waals surface area contributed by atoms with Gasteiger partial charge >= 0.3 is 0 Å². The van der Waals surface area contributed by atoms with Gasteiger partial charge in [-0.1, -0.05) is 103 Å². The van der Waals surface area contributed by atoms with Gasteiger partial charge in [0.2, 0.25) is 0 Å². The van der Waals surface area contributed by atoms with Crippen molar-refractivity contribution < 1.29 is 38.0 Å². The fraction of sp³-hybridized carbons (Fsp3) is 0.811. The number of benzene rings is 1. The van der Waals surface area contributed by atoms with E-state index >= 15 is 0 Å². The Morgan fingerprint density at radius 1 is 0.400 bits per heavy atom. The molecule has 8 heteroatoms. The van der Waals surface area contributed by atoms with Crippen LogP contribution in [-0.2, 0) is 28.4 Å². The molecule has 0 amide bonds. The van der Waals surface area contributed by atoms with Crippen LogP contribution in [0.2, 0.25) is 0 Å². The van der Waals surface area contributed by atoms with E-state index < -0.39 is 0 Å². The fourth-order valence-electron chi connectivity index (χ4n) is 4.81. The van der Waals surface area contributed by atoms with Gasteiger partial charge in [0.05, 0.1) is 72.7 Å². The van der Waals surface area contributed by atoms with Gasteiger partial charge in [-0.25, -0.2) is 0 Å². The van der Waals surface area contributed by atoms with Crippen LogP contribution in [-0.4, -0.2) is 92.2 Å². The molecule has 0 aliphatic rings. The molecule has 0 aliphatic carbocycles. The van der Waals surface area contributed by atoms with E-state index in [0.717, 1.165) is 25.1 Å². The molecule has 0 saturated carbocycles. The molecule has 0 atom stereocenters. The molecule has 262 valence electrons. The van der Waals surface area contributed by atoms with E-state index in [9.17, 15) is 4.79 Å². The van der Waals surface area contributed by atoms with Crippen molar-refractivity contribution in [1.29, 1.82) is 0 Å². The lowest BCUT2D eigenvalue weighted by Gasteiger charge is -2.09. The van der Waals surface area contributed by atoms with Gasteiger partial charge in [-0.05, 0) is 30.7 Å². The summed E-state index contributed by atoms with van der Waals surface area (Å²) < 4.78 is 38.8. The summed E-state index contributed by atoms with van der Waals surface area (Å²) in [5.41, 5.74) is 0.629. The lowest BCUT2D eigenvalue weighted by molar-refractivity contribution is -0.0179. The van der Waals surface area contributed by atoms with Gasteiger partial charge in [-0.3, -0.25) is 4.79 Å². The fourth-order valence-corrected chi connectivity index (χ4v) is 4.81. The maximum absolute atomic E-state index is 10.6. The Morgan fingerprint density at radius 3 is 1.07 bits per heavy atom. The summed E-state index contributed by atoms with van der Waals surface area (Å²) >= 11 is 0. The largest absolute Gasteiger partial charge is 0.491 e. The first-order valence-electron chi connectivity index (χ1n) is 18.0. The molecule has 1 rings (SSSR count). The van der Waals surface area contributed by atoms with Gasteiger partial charge in [-0.15, -0.1) is 0 Å². The Hall–Kier alpha value is -1.55. The third-order valence-electron chi connectivity index (χ3n) is 7.51. The van der Waals surface area contributed by atoms with Crippen LogP contribution in [0, 0.1) is 0 Å². The molecule has 0 fully saturated rings. The molecule has 0 heterocycles. The SMILES string of the molecule is CCCCCCCCCCCCCCCCCCOCCOCCOCCOCCOCCOCCOc1ccc(C=O)cc1. The molecular weight excluding hydrogens is 572 g/mol. The van der Waals surface area contributed by atoms with Crippen molar-refractivity contribution in [3.63, 3.8) is 0 Å². The summed E-state index contributed by atoms with van der Waals surface area (Å²) in [6.45, 7) is 9.57. The molecule has 0 bridgehead atoms. The van der Waals surface area contributed by atoms with Crippen LogP contribution in [0.4, 0.5) is 0 Å². The van der Waals surface area contributed by atoms with Crippen LogP contribution < -0.4 is 4.74 Å². The zero-order valence-corrected chi connectivity index (χ0v) is 28.7. The predicted octanol–water partition coefficient (Wildman–Crippen LogP) is 8.24. The van der Waals surface area contributed by atoms with E-state index in [1.807, 2.05) is 0 Å². The summed E-state index contributed by atoms with van der Waals surface area (Å²) in [6.07, 6.45) is 23.0. The highest BCUT2D eigenvalue weighted by atomic mass is 16.6.